The van der Waals surface area contributed by atoms with Crippen molar-refractivity contribution in [2.75, 3.05) is 0 Å². The van der Waals surface area contributed by atoms with Gasteiger partial charge in [0.1, 0.15) is 5.78 Å². The van der Waals surface area contributed by atoms with Gasteiger partial charge in [-0.2, -0.15) is 0 Å². The van der Waals surface area contributed by atoms with E-state index in [0.717, 1.165) is 0 Å². The third-order valence-corrected chi connectivity index (χ3v) is 3.04. The molecule has 14 heavy (non-hydrogen) atoms. The van der Waals surface area contributed by atoms with Crippen LogP contribution < -0.4 is 5.46 Å². The van der Waals surface area contributed by atoms with E-state index < -0.39 is 0 Å². The summed E-state index contributed by atoms with van der Waals surface area (Å²) in [5.74, 6) is 0.246. The average Bonchev–Trinajstić information content (AvgIpc) is 2.47. The maximum absolute atomic E-state index is 11.0. The number of hydrogen-bond donors (Lipinski definition) is 0. The Morgan fingerprint density at radius 1 is 1.50 bits per heavy atom. The van der Waals surface area contributed by atoms with Gasteiger partial charge in [-0.05, 0) is 18.9 Å². The van der Waals surface area contributed by atoms with Crippen molar-refractivity contribution in [1.29, 1.82) is 0 Å². The molecule has 0 unspecified atom stereocenters. The van der Waals surface area contributed by atoms with Crippen molar-refractivity contribution >= 4 is 18.0 Å². The lowest BCUT2D eigenvalue weighted by molar-refractivity contribution is -0.116. The normalized spacial score (nSPS) is 14.3. The van der Waals surface area contributed by atoms with E-state index in [9.17, 15) is 4.79 Å². The minimum atomic E-state index is 0.246. The van der Waals surface area contributed by atoms with Crippen LogP contribution in [0.15, 0.2) is 18.2 Å². The molecule has 1 nitrogen and oxygen atoms in total. The molecule has 0 saturated carbocycles. The number of aryl methyl sites for hydroxylation is 1. The van der Waals surface area contributed by atoms with Gasteiger partial charge in [0.2, 0.25) is 0 Å². The lowest BCUT2D eigenvalue weighted by Crippen LogP contribution is -2.22. The topological polar surface area (TPSA) is 17.1 Å². The highest BCUT2D eigenvalue weighted by Gasteiger charge is 2.21. The third-order valence-electron chi connectivity index (χ3n) is 3.04. The van der Waals surface area contributed by atoms with Gasteiger partial charge in [0, 0.05) is 6.42 Å². The third kappa shape index (κ3) is 1.74. The molecule has 1 aromatic rings. The summed E-state index contributed by atoms with van der Waals surface area (Å²) in [7, 11) is 0. The fourth-order valence-corrected chi connectivity index (χ4v) is 2.26. The Balaban J connectivity index is 2.30. The molecule has 0 atom stereocenters. The molecule has 0 aliphatic carbocycles. The lowest BCUT2D eigenvalue weighted by Gasteiger charge is -2.05. The first-order valence-corrected chi connectivity index (χ1v) is 5.28. The summed E-state index contributed by atoms with van der Waals surface area (Å²) in [6.45, 7) is 4.59. The van der Waals surface area contributed by atoms with Crippen LogP contribution in [0.1, 0.15) is 18.1 Å². The second-order valence-corrected chi connectivity index (χ2v) is 4.35. The number of ketones is 1. The van der Waals surface area contributed by atoms with Crippen molar-refractivity contribution in [1.82, 2.24) is 0 Å². The molecule has 1 aliphatic heterocycles. The predicted molar refractivity (Wildman–Crippen MR) is 60.6 cm³/mol. The highest BCUT2D eigenvalue weighted by Crippen LogP contribution is 2.15. The minimum Gasteiger partial charge on any atom is -0.300 e. The summed E-state index contributed by atoms with van der Waals surface area (Å²) < 4.78 is 0. The van der Waals surface area contributed by atoms with E-state index in [4.69, 9.17) is 0 Å². The van der Waals surface area contributed by atoms with Gasteiger partial charge >= 0.3 is 0 Å². The van der Waals surface area contributed by atoms with Crippen molar-refractivity contribution in [3.8, 4) is 0 Å². The zero-order valence-corrected chi connectivity index (χ0v) is 8.84. The molecule has 0 fully saturated rings. The molecule has 1 aromatic carbocycles. The fraction of sp³-hybridized carbons (Fsp3) is 0.417. The van der Waals surface area contributed by atoms with Gasteiger partial charge in [0.25, 0.3) is 0 Å². The van der Waals surface area contributed by atoms with E-state index in [2.05, 4.69) is 25.0 Å². The van der Waals surface area contributed by atoms with Crippen LogP contribution in [-0.4, -0.2) is 12.5 Å². The van der Waals surface area contributed by atoms with Crippen molar-refractivity contribution in [2.45, 2.75) is 32.9 Å². The minimum absolute atomic E-state index is 0.246. The van der Waals surface area contributed by atoms with E-state index in [1.54, 1.807) is 6.92 Å². The monoisotopic (exact) mass is 186 g/mol. The van der Waals surface area contributed by atoms with E-state index in [1.165, 1.54) is 29.3 Å². The fourth-order valence-electron chi connectivity index (χ4n) is 2.26. The van der Waals surface area contributed by atoms with E-state index >= 15 is 0 Å². The number of rotatable bonds is 2. The van der Waals surface area contributed by atoms with Crippen LogP contribution in [0.5, 0.6) is 0 Å². The quantitative estimate of drug-likeness (QED) is 0.642. The Bertz CT molecular complexity index is 371. The highest BCUT2D eigenvalue weighted by molar-refractivity contribution is 6.73. The van der Waals surface area contributed by atoms with Gasteiger partial charge in [-0.25, -0.2) is 0 Å². The first-order valence-electron chi connectivity index (χ1n) is 5.28. The molecule has 2 rings (SSSR count). The molecule has 0 N–H and O–H groups in total. The molecular formula is C12H15BO. The summed E-state index contributed by atoms with van der Waals surface area (Å²) in [5, 5.41) is 0. The number of Topliss-reactive ketones (excluding diaryl/α,β-unsaturated/α-hetero) is 1. The van der Waals surface area contributed by atoms with Gasteiger partial charge in [-0.15, -0.1) is 0 Å². The van der Waals surface area contributed by atoms with Crippen LogP contribution in [0.4, 0.5) is 0 Å². The summed E-state index contributed by atoms with van der Waals surface area (Å²) >= 11 is 0. The van der Waals surface area contributed by atoms with Gasteiger partial charge in [0.05, 0.1) is 0 Å². The second kappa shape index (κ2) is 3.60. The van der Waals surface area contributed by atoms with Gasteiger partial charge in [0.15, 0.2) is 6.71 Å². The number of carbonyl (C=O) groups excluding carboxylic acids is 1. The summed E-state index contributed by atoms with van der Waals surface area (Å²) in [6.07, 6.45) is 3.05. The summed E-state index contributed by atoms with van der Waals surface area (Å²) in [6, 6.07) is 6.50. The van der Waals surface area contributed by atoms with E-state index in [-0.39, 0.29) is 5.78 Å². The zero-order valence-electron chi connectivity index (χ0n) is 8.84. The molecular weight excluding hydrogens is 171 g/mol. The summed E-state index contributed by atoms with van der Waals surface area (Å²) in [5.41, 5.74) is 4.11. The van der Waals surface area contributed by atoms with E-state index in [0.29, 0.717) is 13.1 Å². The first kappa shape index (κ1) is 9.51. The first-order chi connectivity index (χ1) is 6.66. The highest BCUT2D eigenvalue weighted by atomic mass is 16.1. The molecule has 0 spiro atoms. The number of carbonyl (C=O) groups is 1. The molecule has 0 amide bonds. The van der Waals surface area contributed by atoms with Crippen LogP contribution in [0.3, 0.4) is 0 Å². The largest absolute Gasteiger partial charge is 0.300 e. The van der Waals surface area contributed by atoms with Crippen molar-refractivity contribution in [3.05, 3.63) is 29.3 Å². The van der Waals surface area contributed by atoms with Gasteiger partial charge in [-0.3, -0.25) is 4.79 Å². The second-order valence-electron chi connectivity index (χ2n) is 4.35. The van der Waals surface area contributed by atoms with Crippen LogP contribution >= 0.6 is 0 Å². The lowest BCUT2D eigenvalue weighted by atomic mass is 9.48. The Kier molecular flexibility index (Phi) is 2.45. The van der Waals surface area contributed by atoms with Crippen molar-refractivity contribution < 1.29 is 4.79 Å². The van der Waals surface area contributed by atoms with Crippen molar-refractivity contribution in [3.63, 3.8) is 0 Å². The molecule has 2 heteroatoms. The Morgan fingerprint density at radius 3 is 3.00 bits per heavy atom. The molecule has 72 valence electrons. The molecule has 0 aromatic heterocycles. The van der Waals surface area contributed by atoms with Crippen LogP contribution in [-0.2, 0) is 17.6 Å². The molecule has 1 aliphatic rings. The standard InChI is InChI=1S/C12H15BO/c1-9(14)7-10-3-4-11-5-6-13(2)12(11)8-10/h3-4,8H,5-7H2,1-2H3. The maximum Gasteiger partial charge on any atom is 0.173 e. The molecule has 1 heterocycles. The smallest absolute Gasteiger partial charge is 0.173 e. The van der Waals surface area contributed by atoms with E-state index in [1.807, 2.05) is 0 Å². The molecule has 0 radical (unpaired) electrons. The Morgan fingerprint density at radius 2 is 2.29 bits per heavy atom. The predicted octanol–water partition coefficient (Wildman–Crippen LogP) is 1.71. The Hall–Kier alpha value is -1.05. The summed E-state index contributed by atoms with van der Waals surface area (Å²) in [4.78, 5) is 11.0. The Labute approximate surface area is 85.6 Å². The van der Waals surface area contributed by atoms with Crippen molar-refractivity contribution in [2.24, 2.45) is 0 Å². The molecule has 0 saturated heterocycles. The number of hydrogen-bond acceptors (Lipinski definition) is 1. The van der Waals surface area contributed by atoms with Gasteiger partial charge < -0.3 is 0 Å². The zero-order chi connectivity index (χ0) is 10.1. The van der Waals surface area contributed by atoms with Crippen LogP contribution in [0.2, 0.25) is 13.1 Å². The number of fused-ring (bicyclic) bond motifs is 1. The SMILES string of the molecule is CB1CCc2ccc(CC(C)=O)cc21. The average molecular weight is 186 g/mol. The van der Waals surface area contributed by atoms with Crippen LogP contribution in [0, 0.1) is 0 Å². The number of benzene rings is 1. The van der Waals surface area contributed by atoms with Gasteiger partial charge in [-0.1, -0.05) is 42.4 Å². The van der Waals surface area contributed by atoms with Crippen LogP contribution in [0.25, 0.3) is 0 Å². The molecule has 0 bridgehead atoms. The maximum atomic E-state index is 11.0.